The first-order valence-corrected chi connectivity index (χ1v) is 9.49. The maximum absolute atomic E-state index is 12.4. The summed E-state index contributed by atoms with van der Waals surface area (Å²) in [6.45, 7) is -2.83. The zero-order chi connectivity index (χ0) is 26.6. The molecule has 0 aliphatic heterocycles. The Morgan fingerprint density at radius 1 is 1.11 bits per heavy atom. The standard InChI is InChI=1S/C20H22N8O5.2K/c1-28(9-11-8-23-17-15(24-11)16(21)26-20(22)27-17)12-4-2-10(3-5-12)18(31)25-13(19(32)33)6-7-14(29)30;;/h2-5,8,13H,6-7,9H2,1H3,(H,25,31)(H,29,30)(H,32,33)(H4,21,22,23,26,27);;/q;2*+1/p-2/i1D3;;. The van der Waals surface area contributed by atoms with Gasteiger partial charge in [-0.3, -0.25) is 4.79 Å². The van der Waals surface area contributed by atoms with Crippen molar-refractivity contribution in [2.24, 2.45) is 0 Å². The van der Waals surface area contributed by atoms with E-state index in [1.807, 2.05) is 0 Å². The van der Waals surface area contributed by atoms with Gasteiger partial charge in [0.15, 0.2) is 17.0 Å². The van der Waals surface area contributed by atoms with Crippen LogP contribution >= 0.6 is 0 Å². The molecule has 1 amide bonds. The molecule has 0 saturated carbocycles. The molecule has 15 heteroatoms. The monoisotopic (exact) mass is 533 g/mol. The predicted octanol–water partition coefficient (Wildman–Crippen LogP) is -8.39. The minimum Gasteiger partial charge on any atom is -0.550 e. The second kappa shape index (κ2) is 14.5. The van der Waals surface area contributed by atoms with Gasteiger partial charge in [0, 0.05) is 28.3 Å². The summed E-state index contributed by atoms with van der Waals surface area (Å²) in [4.78, 5) is 51.3. The van der Waals surface area contributed by atoms with Crippen LogP contribution in [0.1, 0.15) is 33.0 Å². The predicted molar refractivity (Wildman–Crippen MR) is 113 cm³/mol. The molecule has 2 heterocycles. The van der Waals surface area contributed by atoms with Crippen LogP contribution in [0, 0.1) is 0 Å². The number of carboxylic acids is 2. The van der Waals surface area contributed by atoms with Crippen molar-refractivity contribution in [1.29, 1.82) is 0 Å². The summed E-state index contributed by atoms with van der Waals surface area (Å²) < 4.78 is 23.7. The molecule has 0 fully saturated rings. The number of nitrogens with one attached hydrogen (secondary N) is 1. The average molecular weight is 534 g/mol. The van der Waals surface area contributed by atoms with E-state index in [0.29, 0.717) is 0 Å². The van der Waals surface area contributed by atoms with Gasteiger partial charge in [-0.25, -0.2) is 9.97 Å². The molecule has 172 valence electrons. The molecular weight excluding hydrogens is 510 g/mol. The Morgan fingerprint density at radius 3 is 2.40 bits per heavy atom. The average Bonchev–Trinajstić information content (AvgIpc) is 2.79. The number of nitrogens with two attached hydrogens (primary N) is 2. The van der Waals surface area contributed by atoms with Crippen LogP contribution in [-0.4, -0.2) is 50.8 Å². The van der Waals surface area contributed by atoms with E-state index < -0.39 is 43.7 Å². The molecule has 0 aliphatic rings. The number of nitrogen functional groups attached to an aromatic ring is 2. The van der Waals surface area contributed by atoms with E-state index in [1.165, 1.54) is 30.5 Å². The Kier molecular flexibility index (Phi) is 11.1. The smallest absolute Gasteiger partial charge is 0.550 e. The molecule has 1 aromatic carbocycles. The van der Waals surface area contributed by atoms with Crippen LogP contribution in [0.25, 0.3) is 11.2 Å². The summed E-state index contributed by atoms with van der Waals surface area (Å²) in [5, 5.41) is 23.9. The number of hydrogen-bond acceptors (Lipinski definition) is 12. The molecule has 1 unspecified atom stereocenters. The summed E-state index contributed by atoms with van der Waals surface area (Å²) in [6, 6.07) is 3.73. The van der Waals surface area contributed by atoms with E-state index in [1.54, 1.807) is 0 Å². The molecule has 3 aromatic rings. The molecule has 5 N–H and O–H groups in total. The second-order valence-electron chi connectivity index (χ2n) is 6.89. The van der Waals surface area contributed by atoms with Gasteiger partial charge in [0.1, 0.15) is 0 Å². The molecule has 0 bridgehead atoms. The molecular formula is C20H20K2N8O5. The quantitative estimate of drug-likeness (QED) is 0.219. The van der Waals surface area contributed by atoms with E-state index in [-0.39, 0.29) is 149 Å². The largest absolute Gasteiger partial charge is 1.00 e. The van der Waals surface area contributed by atoms with Gasteiger partial charge in [0.2, 0.25) is 5.95 Å². The number of anilines is 3. The Bertz CT molecular complexity index is 1310. The van der Waals surface area contributed by atoms with Crippen LogP contribution in [0.15, 0.2) is 30.5 Å². The van der Waals surface area contributed by atoms with Gasteiger partial charge in [-0.1, -0.05) is 0 Å². The van der Waals surface area contributed by atoms with Gasteiger partial charge in [0.25, 0.3) is 5.91 Å². The number of benzene rings is 1. The first-order chi connectivity index (χ1) is 16.8. The minimum absolute atomic E-state index is 0. The molecule has 2 aromatic heterocycles. The van der Waals surface area contributed by atoms with E-state index in [4.69, 9.17) is 15.6 Å². The summed E-state index contributed by atoms with van der Waals surface area (Å²) in [5.41, 5.74) is 12.1. The molecule has 35 heavy (non-hydrogen) atoms. The Balaban J connectivity index is 0.00000361. The number of rotatable bonds is 9. The minimum atomic E-state index is -2.62. The summed E-state index contributed by atoms with van der Waals surface area (Å²) in [6.07, 6.45) is 0.311. The van der Waals surface area contributed by atoms with Gasteiger partial charge in [0.05, 0.1) is 30.4 Å². The molecule has 13 nitrogen and oxygen atoms in total. The SMILES string of the molecule is [2H]C([2H])([2H])N(Cc1cnc2nc(N)nc(N)c2n1)c1ccc(C(=O)NC(CCC(=O)[O-])C(=O)[O-])cc1.[K+].[K+]. The van der Waals surface area contributed by atoms with Crippen LogP contribution in [0.5, 0.6) is 0 Å². The molecule has 0 radical (unpaired) electrons. The number of amides is 1. The molecule has 3 rings (SSSR count). The third-order valence-corrected chi connectivity index (χ3v) is 4.49. The summed E-state index contributed by atoms with van der Waals surface area (Å²) in [5.74, 6) is -4.04. The fourth-order valence-corrected chi connectivity index (χ4v) is 2.86. The van der Waals surface area contributed by atoms with E-state index in [2.05, 4.69) is 25.3 Å². The van der Waals surface area contributed by atoms with Crippen molar-refractivity contribution < 1.29 is 131 Å². The van der Waals surface area contributed by atoms with Crippen molar-refractivity contribution in [3.63, 3.8) is 0 Å². The molecule has 0 saturated heterocycles. The summed E-state index contributed by atoms with van der Waals surface area (Å²) in [7, 11) is 0. The van der Waals surface area contributed by atoms with Crippen molar-refractivity contribution in [3.8, 4) is 0 Å². The fraction of sp³-hybridized carbons (Fsp3) is 0.250. The van der Waals surface area contributed by atoms with Crippen molar-refractivity contribution in [1.82, 2.24) is 25.3 Å². The number of carbonyl (C=O) groups is 3. The Hall–Kier alpha value is -1.28. The first kappa shape index (κ1) is 26.8. The van der Waals surface area contributed by atoms with E-state index in [0.717, 1.165) is 4.90 Å². The zero-order valence-corrected chi connectivity index (χ0v) is 25.3. The number of nitrogens with zero attached hydrogens (tertiary/aromatic N) is 5. The number of hydrogen-bond donors (Lipinski definition) is 3. The van der Waals surface area contributed by atoms with Gasteiger partial charge in [-0.15, -0.1) is 0 Å². The third kappa shape index (κ3) is 8.96. The van der Waals surface area contributed by atoms with Crippen LogP contribution in [0.2, 0.25) is 0 Å². The zero-order valence-electron chi connectivity index (χ0n) is 22.0. The number of aromatic nitrogens is 4. The number of carboxylic acid groups (broad SMARTS) is 2. The number of fused-ring (bicyclic) bond motifs is 1. The van der Waals surface area contributed by atoms with Crippen molar-refractivity contribution in [3.05, 3.63) is 41.7 Å². The normalized spacial score (nSPS) is 12.6. The van der Waals surface area contributed by atoms with Crippen molar-refractivity contribution in [2.75, 3.05) is 23.3 Å². The van der Waals surface area contributed by atoms with Crippen LogP contribution in [0.3, 0.4) is 0 Å². The third-order valence-electron chi connectivity index (χ3n) is 4.49. The fourth-order valence-electron chi connectivity index (χ4n) is 2.86. The maximum Gasteiger partial charge on any atom is 1.00 e. The first-order valence-electron chi connectivity index (χ1n) is 11.0. The maximum atomic E-state index is 12.4. The molecule has 0 aliphatic carbocycles. The topological polar surface area (TPSA) is 216 Å². The van der Waals surface area contributed by atoms with Gasteiger partial charge in [-0.05, 0) is 37.1 Å². The van der Waals surface area contributed by atoms with Gasteiger partial charge >= 0.3 is 103 Å². The van der Waals surface area contributed by atoms with E-state index in [9.17, 15) is 24.6 Å². The number of aliphatic carboxylic acids is 2. The van der Waals surface area contributed by atoms with Crippen molar-refractivity contribution in [2.45, 2.75) is 25.4 Å². The van der Waals surface area contributed by atoms with Crippen LogP contribution in [-0.2, 0) is 16.1 Å². The number of carbonyl (C=O) groups excluding carboxylic acids is 3. The Morgan fingerprint density at radius 2 is 1.80 bits per heavy atom. The van der Waals surface area contributed by atoms with Gasteiger partial charge in [-0.2, -0.15) is 9.97 Å². The molecule has 0 spiro atoms. The summed E-state index contributed by atoms with van der Waals surface area (Å²) >= 11 is 0. The second-order valence-corrected chi connectivity index (χ2v) is 6.89. The van der Waals surface area contributed by atoms with Crippen LogP contribution < -0.4 is 135 Å². The molecule has 1 atom stereocenters. The Labute approximate surface area is 289 Å². The van der Waals surface area contributed by atoms with Crippen molar-refractivity contribution >= 4 is 46.5 Å². The van der Waals surface area contributed by atoms with Gasteiger partial charge < -0.3 is 41.5 Å². The van der Waals surface area contributed by atoms with Crippen LogP contribution in [0.4, 0.5) is 17.5 Å². The van der Waals surface area contributed by atoms with E-state index >= 15 is 0 Å².